The van der Waals surface area contributed by atoms with Gasteiger partial charge in [-0.3, -0.25) is 0 Å². The summed E-state index contributed by atoms with van der Waals surface area (Å²) < 4.78 is 11.4. The number of hydrogen-bond donors (Lipinski definition) is 2. The van der Waals surface area contributed by atoms with E-state index in [0.717, 1.165) is 60.6 Å². The molecule has 2 heterocycles. The van der Waals surface area contributed by atoms with Gasteiger partial charge >= 0.3 is 6.09 Å². The first-order chi connectivity index (χ1) is 18.8. The quantitative estimate of drug-likeness (QED) is 0.382. The number of hydrogen-bond acceptors (Lipinski definition) is 7. The predicted octanol–water partition coefficient (Wildman–Crippen LogP) is 4.96. The molecule has 0 spiro atoms. The van der Waals surface area contributed by atoms with E-state index >= 15 is 0 Å². The largest absolute Gasteiger partial charge is 0.508 e. The van der Waals surface area contributed by atoms with Crippen LogP contribution in [0.3, 0.4) is 0 Å². The molecule has 8 nitrogen and oxygen atoms in total. The Balaban J connectivity index is 1.27. The van der Waals surface area contributed by atoms with Gasteiger partial charge in [-0.05, 0) is 85.3 Å². The lowest BCUT2D eigenvalue weighted by Gasteiger charge is -2.34. The molecule has 39 heavy (non-hydrogen) atoms. The molecule has 1 fully saturated rings. The Bertz CT molecular complexity index is 1240. The number of rotatable bonds is 10. The summed E-state index contributed by atoms with van der Waals surface area (Å²) in [6.07, 6.45) is 2.62. The van der Waals surface area contributed by atoms with Crippen molar-refractivity contribution in [3.8, 4) is 17.4 Å². The van der Waals surface area contributed by atoms with Gasteiger partial charge in [-0.2, -0.15) is 0 Å². The molecule has 8 heteroatoms. The van der Waals surface area contributed by atoms with Gasteiger partial charge in [0.2, 0.25) is 5.88 Å². The van der Waals surface area contributed by atoms with Crippen molar-refractivity contribution in [2.45, 2.75) is 40.2 Å². The molecule has 1 amide bonds. The number of pyridine rings is 1. The van der Waals surface area contributed by atoms with Crippen molar-refractivity contribution in [2.24, 2.45) is 5.92 Å². The van der Waals surface area contributed by atoms with Crippen LogP contribution in [0.25, 0.3) is 0 Å². The number of anilines is 1. The number of phenolic OH excluding ortho intramolecular Hbond substituents is 1. The lowest BCUT2D eigenvalue weighted by atomic mass is 10.0. The number of piperazine rings is 1. The van der Waals surface area contributed by atoms with Crippen LogP contribution in [-0.4, -0.2) is 60.9 Å². The summed E-state index contributed by atoms with van der Waals surface area (Å²) in [4.78, 5) is 21.5. The van der Waals surface area contributed by atoms with Gasteiger partial charge in [-0.1, -0.05) is 26.0 Å². The Hall–Kier alpha value is -3.78. The molecule has 1 aliphatic rings. The Morgan fingerprint density at radius 1 is 1.03 bits per heavy atom. The highest BCUT2D eigenvalue weighted by Crippen LogP contribution is 2.26. The molecule has 0 unspecified atom stereocenters. The molecule has 1 aliphatic heterocycles. The summed E-state index contributed by atoms with van der Waals surface area (Å²) in [6, 6.07) is 15.3. The smallest absolute Gasteiger partial charge is 0.414 e. The lowest BCUT2D eigenvalue weighted by molar-refractivity contribution is 0.198. The maximum atomic E-state index is 12.4. The number of amides is 1. The SMILES string of the molecule is Cc1cc(OC(=O)NCc2ccc(N3CCN(C)CC3)cc2)ncc1CCc1cc(O)ccc1OCC(C)C. The van der Waals surface area contributed by atoms with E-state index in [4.69, 9.17) is 9.47 Å². The zero-order chi connectivity index (χ0) is 27.8. The Morgan fingerprint density at radius 2 is 1.74 bits per heavy atom. The second kappa shape index (κ2) is 13.3. The van der Waals surface area contributed by atoms with E-state index < -0.39 is 6.09 Å². The lowest BCUT2D eigenvalue weighted by Crippen LogP contribution is -2.44. The minimum absolute atomic E-state index is 0.220. The highest BCUT2D eigenvalue weighted by molar-refractivity contribution is 5.70. The van der Waals surface area contributed by atoms with Crippen molar-refractivity contribution in [2.75, 3.05) is 44.7 Å². The maximum Gasteiger partial charge on any atom is 0.414 e. The highest BCUT2D eigenvalue weighted by atomic mass is 16.6. The fourth-order valence-corrected chi connectivity index (χ4v) is 4.50. The third-order valence-corrected chi connectivity index (χ3v) is 6.91. The molecular formula is C31H40N4O4. The van der Waals surface area contributed by atoms with E-state index in [1.54, 1.807) is 24.4 Å². The van der Waals surface area contributed by atoms with Gasteiger partial charge in [0, 0.05) is 50.7 Å². The van der Waals surface area contributed by atoms with Crippen LogP contribution in [0.15, 0.2) is 54.7 Å². The van der Waals surface area contributed by atoms with E-state index in [2.05, 4.69) is 53.1 Å². The number of carbonyl (C=O) groups is 1. The number of aromatic nitrogens is 1. The van der Waals surface area contributed by atoms with Crippen LogP contribution in [-0.2, 0) is 19.4 Å². The number of aromatic hydroxyl groups is 1. The van der Waals surface area contributed by atoms with Crippen LogP contribution >= 0.6 is 0 Å². The first-order valence-electron chi connectivity index (χ1n) is 13.6. The van der Waals surface area contributed by atoms with Crippen LogP contribution in [0.2, 0.25) is 0 Å². The zero-order valence-corrected chi connectivity index (χ0v) is 23.4. The van der Waals surface area contributed by atoms with Crippen LogP contribution in [0.5, 0.6) is 17.4 Å². The molecule has 208 valence electrons. The fourth-order valence-electron chi connectivity index (χ4n) is 4.50. The second-order valence-corrected chi connectivity index (χ2v) is 10.6. The number of benzene rings is 2. The van der Waals surface area contributed by atoms with Gasteiger partial charge < -0.3 is 29.7 Å². The summed E-state index contributed by atoms with van der Waals surface area (Å²) >= 11 is 0. The monoisotopic (exact) mass is 532 g/mol. The van der Waals surface area contributed by atoms with Crippen LogP contribution in [0.4, 0.5) is 10.5 Å². The molecule has 2 aromatic carbocycles. The number of carbonyl (C=O) groups excluding carboxylic acids is 1. The average molecular weight is 533 g/mol. The van der Waals surface area contributed by atoms with Crippen molar-refractivity contribution in [1.29, 1.82) is 0 Å². The number of aryl methyl sites for hydroxylation is 3. The molecular weight excluding hydrogens is 492 g/mol. The standard InChI is InChI=1S/C31H40N4O4/c1-22(2)21-38-29-12-11-28(36)18-25(29)7-8-26-20-32-30(17-23(26)3)39-31(37)33-19-24-5-9-27(10-6-24)35-15-13-34(4)14-16-35/h5-6,9-12,17-18,20,22,36H,7-8,13-16,19,21H2,1-4H3,(H,33,37). The van der Waals surface area contributed by atoms with Crippen LogP contribution in [0.1, 0.15) is 36.1 Å². The fraction of sp³-hybridized carbons (Fsp3) is 0.419. The van der Waals surface area contributed by atoms with Crippen molar-refractivity contribution >= 4 is 11.8 Å². The molecule has 3 aromatic rings. The maximum absolute atomic E-state index is 12.4. The van der Waals surface area contributed by atoms with Crippen molar-refractivity contribution < 1.29 is 19.4 Å². The number of nitrogens with zero attached hydrogens (tertiary/aromatic N) is 3. The van der Waals surface area contributed by atoms with E-state index in [1.807, 2.05) is 25.1 Å². The minimum atomic E-state index is -0.538. The van der Waals surface area contributed by atoms with E-state index in [1.165, 1.54) is 5.69 Å². The summed E-state index contributed by atoms with van der Waals surface area (Å²) in [7, 11) is 2.15. The van der Waals surface area contributed by atoms with Gasteiger partial charge in [0.05, 0.1) is 6.61 Å². The number of ether oxygens (including phenoxy) is 2. The summed E-state index contributed by atoms with van der Waals surface area (Å²) in [6.45, 7) is 11.4. The number of nitrogens with one attached hydrogen (secondary N) is 1. The van der Waals surface area contributed by atoms with Gasteiger partial charge in [-0.15, -0.1) is 0 Å². The first-order valence-corrected chi connectivity index (χ1v) is 13.6. The Morgan fingerprint density at radius 3 is 2.44 bits per heavy atom. The summed E-state index contributed by atoms with van der Waals surface area (Å²) in [5, 5.41) is 12.8. The second-order valence-electron chi connectivity index (χ2n) is 10.6. The minimum Gasteiger partial charge on any atom is -0.508 e. The molecule has 4 rings (SSSR count). The summed E-state index contributed by atoms with van der Waals surface area (Å²) in [5.74, 6) is 1.68. The van der Waals surface area contributed by atoms with Crippen molar-refractivity contribution in [1.82, 2.24) is 15.2 Å². The Labute approximate surface area is 231 Å². The van der Waals surface area contributed by atoms with Gasteiger partial charge in [0.15, 0.2) is 0 Å². The average Bonchev–Trinajstić information content (AvgIpc) is 2.91. The molecule has 0 radical (unpaired) electrons. The number of phenols is 1. The topological polar surface area (TPSA) is 87.2 Å². The van der Waals surface area contributed by atoms with Gasteiger partial charge in [-0.25, -0.2) is 9.78 Å². The van der Waals surface area contributed by atoms with E-state index in [9.17, 15) is 9.90 Å². The first kappa shape index (κ1) is 28.2. The molecule has 1 aromatic heterocycles. The van der Waals surface area contributed by atoms with Gasteiger partial charge in [0.25, 0.3) is 0 Å². The highest BCUT2D eigenvalue weighted by Gasteiger charge is 2.14. The van der Waals surface area contributed by atoms with Crippen LogP contribution in [0, 0.1) is 12.8 Å². The predicted molar refractivity (Wildman–Crippen MR) is 154 cm³/mol. The molecule has 0 saturated carbocycles. The molecule has 0 bridgehead atoms. The summed E-state index contributed by atoms with van der Waals surface area (Å²) in [5.41, 5.74) is 5.19. The number of likely N-dealkylation sites (N-methyl/N-ethyl adjacent to an activating group) is 1. The molecule has 2 N–H and O–H groups in total. The molecule has 0 aliphatic carbocycles. The zero-order valence-electron chi connectivity index (χ0n) is 23.4. The van der Waals surface area contributed by atoms with Gasteiger partial charge in [0.1, 0.15) is 11.5 Å². The third-order valence-electron chi connectivity index (χ3n) is 6.91. The third kappa shape index (κ3) is 8.35. The van der Waals surface area contributed by atoms with E-state index in [0.29, 0.717) is 25.5 Å². The van der Waals surface area contributed by atoms with E-state index in [-0.39, 0.29) is 11.6 Å². The molecule has 0 atom stereocenters. The normalized spacial score (nSPS) is 13.9. The van der Waals surface area contributed by atoms with Crippen molar-refractivity contribution in [3.63, 3.8) is 0 Å². The van der Waals surface area contributed by atoms with Crippen molar-refractivity contribution in [3.05, 3.63) is 77.0 Å². The molecule has 1 saturated heterocycles. The Kier molecular flexibility index (Phi) is 9.65. The van der Waals surface area contributed by atoms with Crippen LogP contribution < -0.4 is 19.7 Å².